The van der Waals surface area contributed by atoms with Gasteiger partial charge in [0.15, 0.2) is 0 Å². The molecular formula is C13H28O2. The van der Waals surface area contributed by atoms with Gasteiger partial charge in [-0.25, -0.2) is 0 Å². The molecule has 0 amide bonds. The highest BCUT2D eigenvalue weighted by Crippen LogP contribution is 2.20. The van der Waals surface area contributed by atoms with Crippen molar-refractivity contribution in [3.8, 4) is 0 Å². The van der Waals surface area contributed by atoms with Gasteiger partial charge in [0.25, 0.3) is 0 Å². The molecule has 0 radical (unpaired) electrons. The van der Waals surface area contributed by atoms with E-state index in [0.29, 0.717) is 6.61 Å². The fourth-order valence-electron chi connectivity index (χ4n) is 0.844. The van der Waals surface area contributed by atoms with E-state index in [1.807, 2.05) is 0 Å². The van der Waals surface area contributed by atoms with Gasteiger partial charge < -0.3 is 9.47 Å². The second kappa shape index (κ2) is 4.84. The van der Waals surface area contributed by atoms with Crippen LogP contribution in [0.4, 0.5) is 0 Å². The van der Waals surface area contributed by atoms with E-state index in [2.05, 4.69) is 55.4 Å². The molecule has 92 valence electrons. The highest BCUT2D eigenvalue weighted by atomic mass is 16.6. The van der Waals surface area contributed by atoms with E-state index in [9.17, 15) is 0 Å². The maximum atomic E-state index is 5.86. The van der Waals surface area contributed by atoms with E-state index in [1.165, 1.54) is 0 Å². The molecule has 0 saturated carbocycles. The van der Waals surface area contributed by atoms with Crippen LogP contribution in [0.25, 0.3) is 0 Å². The van der Waals surface area contributed by atoms with Gasteiger partial charge >= 0.3 is 0 Å². The fourth-order valence-corrected chi connectivity index (χ4v) is 0.844. The third kappa shape index (κ3) is 10.2. The molecule has 0 aliphatic rings. The van der Waals surface area contributed by atoms with E-state index in [1.54, 1.807) is 0 Å². The number of rotatable bonds is 4. The summed E-state index contributed by atoms with van der Waals surface area (Å²) in [6.45, 7) is 18.2. The molecule has 0 rings (SSSR count). The summed E-state index contributed by atoms with van der Waals surface area (Å²) >= 11 is 0. The van der Waals surface area contributed by atoms with Crippen molar-refractivity contribution in [2.75, 3.05) is 13.2 Å². The average Bonchev–Trinajstić information content (AvgIpc) is 1.96. The van der Waals surface area contributed by atoms with Gasteiger partial charge in [0.1, 0.15) is 0 Å². The third-order valence-electron chi connectivity index (χ3n) is 1.75. The topological polar surface area (TPSA) is 18.5 Å². The molecule has 0 unspecified atom stereocenters. The Labute approximate surface area is 95.3 Å². The van der Waals surface area contributed by atoms with Crippen molar-refractivity contribution in [2.45, 2.75) is 66.6 Å². The van der Waals surface area contributed by atoms with Gasteiger partial charge in [-0.15, -0.1) is 0 Å². The van der Waals surface area contributed by atoms with Crippen LogP contribution in [0, 0.1) is 5.41 Å². The molecule has 2 nitrogen and oxygen atoms in total. The first kappa shape index (κ1) is 14.9. The molecule has 0 aliphatic carbocycles. The minimum Gasteiger partial charge on any atom is -0.373 e. The zero-order chi connectivity index (χ0) is 12.3. The Morgan fingerprint density at radius 3 is 1.47 bits per heavy atom. The molecule has 0 fully saturated rings. The van der Waals surface area contributed by atoms with Crippen LogP contribution < -0.4 is 0 Å². The van der Waals surface area contributed by atoms with Crippen LogP contribution in [0.15, 0.2) is 0 Å². The molecule has 0 aliphatic heterocycles. The molecule has 15 heavy (non-hydrogen) atoms. The maximum Gasteiger partial charge on any atom is 0.0859 e. The Morgan fingerprint density at radius 1 is 0.667 bits per heavy atom. The number of hydrogen-bond donors (Lipinski definition) is 0. The molecule has 0 bridgehead atoms. The van der Waals surface area contributed by atoms with Crippen LogP contribution in [-0.4, -0.2) is 24.4 Å². The Hall–Kier alpha value is -0.0800. The molecule has 2 heteroatoms. The van der Waals surface area contributed by atoms with E-state index < -0.39 is 0 Å². The van der Waals surface area contributed by atoms with Crippen LogP contribution in [-0.2, 0) is 9.47 Å². The summed E-state index contributed by atoms with van der Waals surface area (Å²) in [7, 11) is 0. The summed E-state index contributed by atoms with van der Waals surface area (Å²) in [5.74, 6) is 0. The van der Waals surface area contributed by atoms with Gasteiger partial charge in [-0.1, -0.05) is 20.8 Å². The zero-order valence-corrected chi connectivity index (χ0v) is 11.7. The SMILES string of the molecule is CC(C)(C)COC(C)(C)COC(C)(C)C. The Morgan fingerprint density at radius 2 is 1.13 bits per heavy atom. The number of ether oxygens (including phenoxy) is 2. The smallest absolute Gasteiger partial charge is 0.0859 e. The van der Waals surface area contributed by atoms with Gasteiger partial charge in [-0.05, 0) is 40.0 Å². The predicted octanol–water partition coefficient (Wildman–Crippen LogP) is 3.64. The molecule has 0 heterocycles. The van der Waals surface area contributed by atoms with E-state index in [4.69, 9.17) is 9.47 Å². The second-order valence-corrected chi connectivity index (χ2v) is 7.01. The van der Waals surface area contributed by atoms with Gasteiger partial charge in [-0.3, -0.25) is 0 Å². The Kier molecular flexibility index (Phi) is 4.81. The van der Waals surface area contributed by atoms with Crippen LogP contribution in [0.5, 0.6) is 0 Å². The Bertz CT molecular complexity index is 162. The quantitative estimate of drug-likeness (QED) is 0.714. The lowest BCUT2D eigenvalue weighted by molar-refractivity contribution is -0.127. The normalized spacial score (nSPS) is 14.4. The summed E-state index contributed by atoms with van der Waals surface area (Å²) < 4.78 is 11.6. The third-order valence-corrected chi connectivity index (χ3v) is 1.75. The monoisotopic (exact) mass is 216 g/mol. The molecule has 0 N–H and O–H groups in total. The number of hydrogen-bond acceptors (Lipinski definition) is 2. The molecule has 0 aromatic carbocycles. The van der Waals surface area contributed by atoms with Crippen LogP contribution in [0.3, 0.4) is 0 Å². The first-order chi connectivity index (χ1) is 6.41. The van der Waals surface area contributed by atoms with Crippen LogP contribution in [0.2, 0.25) is 0 Å². The van der Waals surface area contributed by atoms with Gasteiger partial charge in [0.05, 0.1) is 24.4 Å². The largest absolute Gasteiger partial charge is 0.373 e. The Balaban J connectivity index is 3.98. The zero-order valence-electron chi connectivity index (χ0n) is 11.7. The van der Waals surface area contributed by atoms with E-state index >= 15 is 0 Å². The van der Waals surface area contributed by atoms with Crippen molar-refractivity contribution in [3.05, 3.63) is 0 Å². The fraction of sp³-hybridized carbons (Fsp3) is 1.00. The first-order valence-electron chi connectivity index (χ1n) is 5.69. The minimum atomic E-state index is -0.208. The van der Waals surface area contributed by atoms with Gasteiger partial charge in [0.2, 0.25) is 0 Å². The minimum absolute atomic E-state index is 0.0949. The summed E-state index contributed by atoms with van der Waals surface area (Å²) in [5, 5.41) is 0. The summed E-state index contributed by atoms with van der Waals surface area (Å²) in [5.41, 5.74) is -0.0953. The van der Waals surface area contributed by atoms with E-state index in [0.717, 1.165) is 6.61 Å². The highest BCUT2D eigenvalue weighted by Gasteiger charge is 2.24. The lowest BCUT2D eigenvalue weighted by Gasteiger charge is -2.32. The molecule has 0 saturated heterocycles. The maximum absolute atomic E-state index is 5.86. The molecule has 0 aromatic heterocycles. The molecule has 0 aromatic rings. The second-order valence-electron chi connectivity index (χ2n) is 7.01. The van der Waals surface area contributed by atoms with E-state index in [-0.39, 0.29) is 16.6 Å². The highest BCUT2D eigenvalue weighted by molar-refractivity contribution is 4.72. The van der Waals surface area contributed by atoms with Crippen molar-refractivity contribution in [2.24, 2.45) is 5.41 Å². The standard InChI is InChI=1S/C13H28O2/c1-11(2,3)9-15-13(7,8)10-14-12(4,5)6/h9-10H2,1-8H3. The van der Waals surface area contributed by atoms with Crippen molar-refractivity contribution in [1.29, 1.82) is 0 Å². The van der Waals surface area contributed by atoms with Crippen LogP contribution >= 0.6 is 0 Å². The first-order valence-corrected chi connectivity index (χ1v) is 5.69. The van der Waals surface area contributed by atoms with Crippen molar-refractivity contribution in [1.82, 2.24) is 0 Å². The average molecular weight is 216 g/mol. The molecule has 0 atom stereocenters. The predicted molar refractivity (Wildman–Crippen MR) is 65.2 cm³/mol. The summed E-state index contributed by atoms with van der Waals surface area (Å²) in [6, 6.07) is 0. The lowest BCUT2D eigenvalue weighted by Crippen LogP contribution is -2.37. The summed E-state index contributed by atoms with van der Waals surface area (Å²) in [6.07, 6.45) is 0. The van der Waals surface area contributed by atoms with Gasteiger partial charge in [0, 0.05) is 0 Å². The van der Waals surface area contributed by atoms with Crippen molar-refractivity contribution >= 4 is 0 Å². The van der Waals surface area contributed by atoms with Gasteiger partial charge in [-0.2, -0.15) is 0 Å². The van der Waals surface area contributed by atoms with Crippen LogP contribution in [0.1, 0.15) is 55.4 Å². The van der Waals surface area contributed by atoms with Crippen molar-refractivity contribution in [3.63, 3.8) is 0 Å². The molecular weight excluding hydrogens is 188 g/mol. The molecule has 0 spiro atoms. The van der Waals surface area contributed by atoms with Crippen molar-refractivity contribution < 1.29 is 9.47 Å². The summed E-state index contributed by atoms with van der Waals surface area (Å²) in [4.78, 5) is 0. The lowest BCUT2D eigenvalue weighted by atomic mass is 9.98.